The van der Waals surface area contributed by atoms with Crippen molar-refractivity contribution in [2.24, 2.45) is 0 Å². The van der Waals surface area contributed by atoms with Gasteiger partial charge in [-0.2, -0.15) is 0 Å². The van der Waals surface area contributed by atoms with Gasteiger partial charge in [0.05, 0.1) is 13.7 Å². The molecular weight excluding hydrogens is 374 g/mol. The minimum atomic E-state index is 0.234. The predicted molar refractivity (Wildman–Crippen MR) is 120 cm³/mol. The summed E-state index contributed by atoms with van der Waals surface area (Å²) in [6, 6.07) is 14.5. The minimum Gasteiger partial charge on any atom is -0.497 e. The van der Waals surface area contributed by atoms with Crippen molar-refractivity contribution in [3.05, 3.63) is 59.8 Å². The van der Waals surface area contributed by atoms with Gasteiger partial charge >= 0.3 is 0 Å². The molecule has 0 radical (unpaired) electrons. The summed E-state index contributed by atoms with van der Waals surface area (Å²) in [6.07, 6.45) is 6.43. The van der Waals surface area contributed by atoms with Crippen molar-refractivity contribution in [3.8, 4) is 5.75 Å². The molecule has 0 spiro atoms. The van der Waals surface area contributed by atoms with Crippen molar-refractivity contribution >= 4 is 22.5 Å². The molecule has 3 heterocycles. The van der Waals surface area contributed by atoms with E-state index in [2.05, 4.69) is 46.4 Å². The highest BCUT2D eigenvalue weighted by Gasteiger charge is 2.27. The van der Waals surface area contributed by atoms with Gasteiger partial charge in [0, 0.05) is 29.3 Å². The van der Waals surface area contributed by atoms with Crippen LogP contribution in [0.3, 0.4) is 0 Å². The van der Waals surface area contributed by atoms with E-state index in [4.69, 9.17) is 4.74 Å². The molecule has 5 rings (SSSR count). The average Bonchev–Trinajstić information content (AvgIpc) is 3.22. The van der Waals surface area contributed by atoms with Gasteiger partial charge in [0.15, 0.2) is 0 Å². The van der Waals surface area contributed by atoms with Gasteiger partial charge in [-0.15, -0.1) is 0 Å². The predicted octanol–water partition coefficient (Wildman–Crippen LogP) is 4.34. The summed E-state index contributed by atoms with van der Waals surface area (Å²) in [7, 11) is 1.71. The largest absolute Gasteiger partial charge is 0.497 e. The molecule has 3 aromatic rings. The Hall–Kier alpha value is -2.79. The first-order chi connectivity index (χ1) is 14.7. The highest BCUT2D eigenvalue weighted by molar-refractivity contribution is 5.96. The number of H-pyrrole nitrogens is 1. The first kappa shape index (κ1) is 19.2. The van der Waals surface area contributed by atoms with E-state index in [0.717, 1.165) is 62.3 Å². The van der Waals surface area contributed by atoms with E-state index in [-0.39, 0.29) is 5.91 Å². The van der Waals surface area contributed by atoms with Crippen LogP contribution < -0.4 is 9.64 Å². The maximum atomic E-state index is 13.0. The minimum absolute atomic E-state index is 0.234. The van der Waals surface area contributed by atoms with Crippen LogP contribution in [0.5, 0.6) is 5.75 Å². The second-order valence-corrected chi connectivity index (χ2v) is 8.48. The van der Waals surface area contributed by atoms with Gasteiger partial charge in [-0.05, 0) is 80.1 Å². The SMILES string of the molecule is COc1ccc2[nH]cc(C3CCN(CC(=O)N4CCCc5ccccc54)CC3)c2c1. The van der Waals surface area contributed by atoms with Gasteiger partial charge in [0.1, 0.15) is 5.75 Å². The van der Waals surface area contributed by atoms with Crippen LogP contribution in [0, 0.1) is 0 Å². The topological polar surface area (TPSA) is 48.6 Å². The number of benzene rings is 2. The number of amides is 1. The van der Waals surface area contributed by atoms with E-state index >= 15 is 0 Å². The number of aryl methyl sites for hydroxylation is 1. The van der Waals surface area contributed by atoms with E-state index in [1.807, 2.05) is 17.0 Å². The first-order valence-corrected chi connectivity index (χ1v) is 11.0. The molecule has 0 atom stereocenters. The number of methoxy groups -OCH3 is 1. The van der Waals surface area contributed by atoms with Crippen molar-refractivity contribution in [3.63, 3.8) is 0 Å². The molecule has 1 amide bonds. The lowest BCUT2D eigenvalue weighted by Gasteiger charge is -2.35. The lowest BCUT2D eigenvalue weighted by atomic mass is 9.89. The van der Waals surface area contributed by atoms with Gasteiger partial charge in [-0.1, -0.05) is 18.2 Å². The molecule has 1 N–H and O–H groups in total. The van der Waals surface area contributed by atoms with E-state index < -0.39 is 0 Å². The summed E-state index contributed by atoms with van der Waals surface area (Å²) in [5.41, 5.74) is 4.94. The van der Waals surface area contributed by atoms with Gasteiger partial charge < -0.3 is 14.6 Å². The third-order valence-electron chi connectivity index (χ3n) is 6.72. The van der Waals surface area contributed by atoms with Crippen LogP contribution in [0.4, 0.5) is 5.69 Å². The maximum Gasteiger partial charge on any atom is 0.241 e. The number of fused-ring (bicyclic) bond motifs is 2. The molecule has 5 nitrogen and oxygen atoms in total. The van der Waals surface area contributed by atoms with Crippen LogP contribution >= 0.6 is 0 Å². The Morgan fingerprint density at radius 2 is 1.97 bits per heavy atom. The second kappa shape index (κ2) is 8.15. The lowest BCUT2D eigenvalue weighted by Crippen LogP contribution is -2.45. The quantitative estimate of drug-likeness (QED) is 0.705. The number of aromatic nitrogens is 1. The third-order valence-corrected chi connectivity index (χ3v) is 6.72. The zero-order chi connectivity index (χ0) is 20.5. The smallest absolute Gasteiger partial charge is 0.241 e. The molecule has 1 aromatic heterocycles. The molecule has 2 aliphatic heterocycles. The molecule has 2 aliphatic rings. The number of carbonyl (C=O) groups excluding carboxylic acids is 1. The van der Waals surface area contributed by atoms with Gasteiger partial charge in [0.2, 0.25) is 5.91 Å². The van der Waals surface area contributed by atoms with Gasteiger partial charge in [-0.3, -0.25) is 9.69 Å². The van der Waals surface area contributed by atoms with Crippen LogP contribution in [-0.2, 0) is 11.2 Å². The van der Waals surface area contributed by atoms with Gasteiger partial charge in [0.25, 0.3) is 0 Å². The molecule has 1 saturated heterocycles. The number of para-hydroxylation sites is 1. The summed E-state index contributed by atoms with van der Waals surface area (Å²) >= 11 is 0. The summed E-state index contributed by atoms with van der Waals surface area (Å²) in [6.45, 7) is 3.28. The number of nitrogens with zero attached hydrogens (tertiary/aromatic N) is 2. The normalized spacial score (nSPS) is 17.8. The summed E-state index contributed by atoms with van der Waals surface area (Å²) in [5, 5.41) is 1.26. The maximum absolute atomic E-state index is 13.0. The van der Waals surface area contributed by atoms with Crippen LogP contribution in [-0.4, -0.2) is 49.1 Å². The Balaban J connectivity index is 1.23. The zero-order valence-electron chi connectivity index (χ0n) is 17.6. The number of likely N-dealkylation sites (tertiary alicyclic amines) is 1. The number of anilines is 1. The fraction of sp³-hybridized carbons (Fsp3) is 0.400. The van der Waals surface area contributed by atoms with E-state index in [0.29, 0.717) is 12.5 Å². The van der Waals surface area contributed by atoms with E-state index in [1.54, 1.807) is 7.11 Å². The molecule has 0 unspecified atom stereocenters. The fourth-order valence-electron chi connectivity index (χ4n) is 5.06. The van der Waals surface area contributed by atoms with Crippen LogP contribution in [0.25, 0.3) is 10.9 Å². The first-order valence-electron chi connectivity index (χ1n) is 11.0. The molecule has 0 aliphatic carbocycles. The number of ether oxygens (including phenoxy) is 1. The molecule has 1 fully saturated rings. The van der Waals surface area contributed by atoms with Crippen molar-refractivity contribution in [1.29, 1.82) is 0 Å². The lowest BCUT2D eigenvalue weighted by molar-refractivity contribution is -0.120. The Labute approximate surface area is 177 Å². The Bertz CT molecular complexity index is 1050. The van der Waals surface area contributed by atoms with Crippen LogP contribution in [0.2, 0.25) is 0 Å². The molecule has 0 saturated carbocycles. The standard InChI is InChI=1S/C25H29N3O2/c1-30-20-8-9-23-21(15-20)22(16-26-23)18-10-13-27(14-11-18)17-25(29)28-12-4-6-19-5-2-3-7-24(19)28/h2-3,5,7-9,15-16,18,26H,4,6,10-14,17H2,1H3. The molecular formula is C25H29N3O2. The molecule has 2 aromatic carbocycles. The number of hydrogen-bond acceptors (Lipinski definition) is 3. The number of hydrogen-bond donors (Lipinski definition) is 1. The van der Waals surface area contributed by atoms with Crippen LogP contribution in [0.15, 0.2) is 48.7 Å². The highest BCUT2D eigenvalue weighted by Crippen LogP contribution is 2.35. The van der Waals surface area contributed by atoms with E-state index in [9.17, 15) is 4.79 Å². The number of piperidine rings is 1. The summed E-state index contributed by atoms with van der Waals surface area (Å²) in [4.78, 5) is 20.8. The molecule has 5 heteroatoms. The molecule has 0 bridgehead atoms. The Morgan fingerprint density at radius 3 is 2.80 bits per heavy atom. The second-order valence-electron chi connectivity index (χ2n) is 8.48. The van der Waals surface area contributed by atoms with Crippen LogP contribution in [0.1, 0.15) is 36.3 Å². The number of rotatable bonds is 4. The van der Waals surface area contributed by atoms with Crippen molar-refractivity contribution in [1.82, 2.24) is 9.88 Å². The average molecular weight is 404 g/mol. The molecule has 30 heavy (non-hydrogen) atoms. The van der Waals surface area contributed by atoms with Crippen molar-refractivity contribution in [2.75, 3.05) is 38.2 Å². The van der Waals surface area contributed by atoms with Crippen molar-refractivity contribution in [2.45, 2.75) is 31.6 Å². The number of carbonyl (C=O) groups is 1. The highest BCUT2D eigenvalue weighted by atomic mass is 16.5. The summed E-state index contributed by atoms with van der Waals surface area (Å²) in [5.74, 6) is 1.65. The van der Waals surface area contributed by atoms with E-state index in [1.165, 1.54) is 16.5 Å². The number of aromatic amines is 1. The monoisotopic (exact) mass is 403 g/mol. The Kier molecular flexibility index (Phi) is 5.21. The summed E-state index contributed by atoms with van der Waals surface area (Å²) < 4.78 is 5.41. The third kappa shape index (κ3) is 3.58. The number of nitrogens with one attached hydrogen (secondary N) is 1. The zero-order valence-corrected chi connectivity index (χ0v) is 17.6. The van der Waals surface area contributed by atoms with Gasteiger partial charge in [-0.25, -0.2) is 0 Å². The Morgan fingerprint density at radius 1 is 1.13 bits per heavy atom. The van der Waals surface area contributed by atoms with Crippen molar-refractivity contribution < 1.29 is 9.53 Å². The molecule has 156 valence electrons. The fourth-order valence-corrected chi connectivity index (χ4v) is 5.06.